The number of rotatable bonds is 0. The van der Waals surface area contributed by atoms with Crippen molar-refractivity contribution < 1.29 is 0 Å². The summed E-state index contributed by atoms with van der Waals surface area (Å²) in [5, 5.41) is 1.16. The van der Waals surface area contributed by atoms with Gasteiger partial charge in [-0.2, -0.15) is 0 Å². The zero-order valence-corrected chi connectivity index (χ0v) is 22.6. The molecule has 0 fully saturated rings. The SMILES string of the molecule is Brc1ccc2c(c1)C1(c3ccccc3-c3cc4c(cc31)-c1ccnc3nccc-4c13)c1cc(Br)ccc1-2. The minimum Gasteiger partial charge on any atom is -0.237 e. The van der Waals surface area contributed by atoms with Crippen molar-refractivity contribution in [3.05, 3.63) is 129 Å². The van der Waals surface area contributed by atoms with Crippen LogP contribution in [-0.2, 0) is 5.41 Å². The van der Waals surface area contributed by atoms with Gasteiger partial charge in [-0.3, -0.25) is 0 Å². The molecule has 0 radical (unpaired) electrons. The van der Waals surface area contributed by atoms with Crippen LogP contribution in [0.5, 0.6) is 0 Å². The molecule has 2 nitrogen and oxygen atoms in total. The molecule has 1 spiro atoms. The highest BCUT2D eigenvalue weighted by atomic mass is 79.9. The molecule has 0 unspecified atom stereocenters. The summed E-state index contributed by atoms with van der Waals surface area (Å²) in [5.41, 5.74) is 16.0. The Balaban J connectivity index is 1.48. The molecule has 0 saturated carbocycles. The Labute approximate surface area is 230 Å². The monoisotopic (exact) mass is 598 g/mol. The first kappa shape index (κ1) is 20.5. The number of benzene rings is 4. The summed E-state index contributed by atoms with van der Waals surface area (Å²) in [6, 6.07) is 31.6. The number of hydrogen-bond acceptors (Lipinski definition) is 2. The van der Waals surface area contributed by atoms with Gasteiger partial charge in [-0.15, -0.1) is 0 Å². The number of pyridine rings is 2. The molecule has 0 N–H and O–H groups in total. The Kier molecular flexibility index (Phi) is 3.78. The van der Waals surface area contributed by atoms with E-state index >= 15 is 0 Å². The van der Waals surface area contributed by atoms with Crippen LogP contribution in [0.2, 0.25) is 0 Å². The number of nitrogens with zero attached hydrogens (tertiary/aromatic N) is 2. The molecule has 172 valence electrons. The highest BCUT2D eigenvalue weighted by Gasteiger charge is 2.52. The zero-order valence-electron chi connectivity index (χ0n) is 19.4. The van der Waals surface area contributed by atoms with Crippen LogP contribution in [0, 0.1) is 0 Å². The second-order valence-electron chi connectivity index (χ2n) is 10.0. The lowest BCUT2D eigenvalue weighted by atomic mass is 9.70. The van der Waals surface area contributed by atoms with E-state index in [1.807, 2.05) is 12.4 Å². The summed E-state index contributed by atoms with van der Waals surface area (Å²) in [5.74, 6) is 0. The minimum atomic E-state index is -0.391. The maximum absolute atomic E-state index is 4.57. The lowest BCUT2D eigenvalue weighted by molar-refractivity contribution is 0.793. The molecule has 0 saturated heterocycles. The molecule has 4 heteroatoms. The largest absolute Gasteiger partial charge is 0.237 e. The van der Waals surface area contributed by atoms with Crippen molar-refractivity contribution in [1.82, 2.24) is 9.97 Å². The normalized spacial score (nSPS) is 14.4. The van der Waals surface area contributed by atoms with E-state index in [4.69, 9.17) is 0 Å². The quantitative estimate of drug-likeness (QED) is 0.174. The van der Waals surface area contributed by atoms with Crippen molar-refractivity contribution in [2.24, 2.45) is 0 Å². The van der Waals surface area contributed by atoms with Gasteiger partial charge in [0, 0.05) is 26.7 Å². The van der Waals surface area contributed by atoms with Crippen LogP contribution in [0.4, 0.5) is 0 Å². The van der Waals surface area contributed by atoms with Gasteiger partial charge in [0.1, 0.15) is 0 Å². The van der Waals surface area contributed by atoms with Crippen LogP contribution in [0.1, 0.15) is 22.3 Å². The van der Waals surface area contributed by atoms with Crippen LogP contribution in [0.25, 0.3) is 55.5 Å². The number of halogens is 2. The molecule has 3 aliphatic carbocycles. The summed E-state index contributed by atoms with van der Waals surface area (Å²) in [6.45, 7) is 0. The van der Waals surface area contributed by atoms with E-state index < -0.39 is 5.41 Å². The molecular formula is C33H16Br2N2. The van der Waals surface area contributed by atoms with Crippen LogP contribution < -0.4 is 0 Å². The Bertz CT molecular complexity index is 1970. The van der Waals surface area contributed by atoms with Gasteiger partial charge in [-0.25, -0.2) is 9.97 Å². The summed E-state index contributed by atoms with van der Waals surface area (Å²) < 4.78 is 2.19. The molecule has 37 heavy (non-hydrogen) atoms. The van der Waals surface area contributed by atoms with E-state index in [-0.39, 0.29) is 0 Å². The summed E-state index contributed by atoms with van der Waals surface area (Å²) >= 11 is 7.60. The van der Waals surface area contributed by atoms with Gasteiger partial charge in [-0.1, -0.05) is 68.3 Å². The fraction of sp³-hybridized carbons (Fsp3) is 0.0303. The Morgan fingerprint density at radius 1 is 0.459 bits per heavy atom. The third kappa shape index (κ3) is 2.33. The maximum Gasteiger partial charge on any atom is 0.160 e. The molecule has 0 amide bonds. The van der Waals surface area contributed by atoms with Crippen LogP contribution in [0.15, 0.2) is 106 Å². The third-order valence-corrected chi connectivity index (χ3v) is 9.45. The fourth-order valence-electron chi connectivity index (χ4n) is 7.15. The average Bonchev–Trinajstić information content (AvgIpc) is 3.50. The standard InChI is InChI=1S/C33H16Br2N2/c34-17-5-7-20-21-8-6-18(35)14-29(21)33(28(20)13-17)27-4-2-1-3-19(27)26-15-24-22-9-11-36-32-31(22)23(10-12-37-32)25(24)16-30(26)33/h1-16H. The first-order valence-corrected chi connectivity index (χ1v) is 13.9. The average molecular weight is 600 g/mol. The summed E-state index contributed by atoms with van der Waals surface area (Å²) in [7, 11) is 0. The smallest absolute Gasteiger partial charge is 0.160 e. The molecule has 0 bridgehead atoms. The van der Waals surface area contributed by atoms with Crippen molar-refractivity contribution in [2.45, 2.75) is 5.41 Å². The second kappa shape index (κ2) is 6.83. The Hall–Kier alpha value is -3.60. The predicted molar refractivity (Wildman–Crippen MR) is 156 cm³/mol. The van der Waals surface area contributed by atoms with E-state index in [1.165, 1.54) is 66.8 Å². The van der Waals surface area contributed by atoms with Crippen molar-refractivity contribution in [3.8, 4) is 44.5 Å². The molecule has 6 aromatic rings. The highest BCUT2D eigenvalue weighted by Crippen LogP contribution is 2.65. The molecule has 2 heterocycles. The maximum atomic E-state index is 4.57. The van der Waals surface area contributed by atoms with Crippen molar-refractivity contribution in [2.75, 3.05) is 0 Å². The Morgan fingerprint density at radius 3 is 1.70 bits per heavy atom. The van der Waals surface area contributed by atoms with E-state index in [2.05, 4.69) is 127 Å². The van der Waals surface area contributed by atoms with Gasteiger partial charge < -0.3 is 0 Å². The van der Waals surface area contributed by atoms with Crippen molar-refractivity contribution in [3.63, 3.8) is 0 Å². The summed E-state index contributed by atoms with van der Waals surface area (Å²) in [4.78, 5) is 9.14. The van der Waals surface area contributed by atoms with Crippen LogP contribution >= 0.6 is 31.9 Å². The molecule has 0 atom stereocenters. The molecule has 2 aromatic heterocycles. The van der Waals surface area contributed by atoms with Crippen molar-refractivity contribution in [1.29, 1.82) is 0 Å². The minimum absolute atomic E-state index is 0.391. The molecule has 0 aliphatic heterocycles. The second-order valence-corrected chi connectivity index (χ2v) is 11.9. The van der Waals surface area contributed by atoms with Gasteiger partial charge >= 0.3 is 0 Å². The molecule has 4 aromatic carbocycles. The number of aromatic nitrogens is 2. The topological polar surface area (TPSA) is 25.8 Å². The fourth-order valence-corrected chi connectivity index (χ4v) is 7.87. The third-order valence-electron chi connectivity index (χ3n) is 8.46. The summed E-state index contributed by atoms with van der Waals surface area (Å²) in [6.07, 6.45) is 3.76. The van der Waals surface area contributed by atoms with Crippen LogP contribution in [-0.4, -0.2) is 9.97 Å². The number of hydrogen-bond donors (Lipinski definition) is 0. The number of fused-ring (bicyclic) bond motifs is 13. The predicted octanol–water partition coefficient (Wildman–Crippen LogP) is 9.15. The Morgan fingerprint density at radius 2 is 1.03 bits per heavy atom. The highest BCUT2D eigenvalue weighted by molar-refractivity contribution is 9.10. The van der Waals surface area contributed by atoms with Gasteiger partial charge in [0.2, 0.25) is 0 Å². The lowest BCUT2D eigenvalue weighted by Gasteiger charge is -2.31. The molecule has 9 rings (SSSR count). The molecule has 3 aliphatic rings. The van der Waals surface area contributed by atoms with E-state index in [0.717, 1.165) is 20.0 Å². The van der Waals surface area contributed by atoms with Gasteiger partial charge in [0.05, 0.1) is 5.41 Å². The van der Waals surface area contributed by atoms with Crippen LogP contribution in [0.3, 0.4) is 0 Å². The lowest BCUT2D eigenvalue weighted by Crippen LogP contribution is -2.26. The van der Waals surface area contributed by atoms with Gasteiger partial charge in [0.15, 0.2) is 5.65 Å². The first-order chi connectivity index (χ1) is 18.2. The van der Waals surface area contributed by atoms with E-state index in [0.29, 0.717) is 0 Å². The zero-order chi connectivity index (χ0) is 24.5. The van der Waals surface area contributed by atoms with E-state index in [1.54, 1.807) is 0 Å². The van der Waals surface area contributed by atoms with Gasteiger partial charge in [0.25, 0.3) is 0 Å². The van der Waals surface area contributed by atoms with Crippen molar-refractivity contribution >= 4 is 42.9 Å². The van der Waals surface area contributed by atoms with E-state index in [9.17, 15) is 0 Å². The first-order valence-electron chi connectivity index (χ1n) is 12.3. The van der Waals surface area contributed by atoms with Gasteiger partial charge in [-0.05, 0) is 115 Å². The molecular weight excluding hydrogens is 584 g/mol.